The van der Waals surface area contributed by atoms with E-state index in [-0.39, 0.29) is 6.04 Å². The van der Waals surface area contributed by atoms with Crippen molar-refractivity contribution in [3.63, 3.8) is 0 Å². The summed E-state index contributed by atoms with van der Waals surface area (Å²) in [5.74, 6) is 0. The number of aryl methyl sites for hydroxylation is 1. The Morgan fingerprint density at radius 3 is 2.79 bits per heavy atom. The molecule has 1 aromatic heterocycles. The molecule has 19 heavy (non-hydrogen) atoms. The zero-order valence-electron chi connectivity index (χ0n) is 12.1. The minimum Gasteiger partial charge on any atom is -0.444 e. The van der Waals surface area contributed by atoms with Crippen LogP contribution in [0.5, 0.6) is 0 Å². The molecule has 0 spiro atoms. The first-order valence-corrected chi connectivity index (χ1v) is 6.58. The van der Waals surface area contributed by atoms with Crippen molar-refractivity contribution in [1.82, 2.24) is 15.1 Å². The number of aromatic nitrogens is 2. The van der Waals surface area contributed by atoms with E-state index in [1.807, 2.05) is 31.5 Å². The second-order valence-corrected chi connectivity index (χ2v) is 5.41. The highest BCUT2D eigenvalue weighted by atomic mass is 16.6. The van der Waals surface area contributed by atoms with Crippen LogP contribution >= 0.6 is 0 Å². The third kappa shape index (κ3) is 4.90. The van der Waals surface area contributed by atoms with Crippen molar-refractivity contribution in [3.05, 3.63) is 18.0 Å². The topological polar surface area (TPSA) is 82.2 Å². The van der Waals surface area contributed by atoms with Gasteiger partial charge in [0.25, 0.3) is 0 Å². The van der Waals surface area contributed by atoms with E-state index in [2.05, 4.69) is 17.3 Å². The summed E-state index contributed by atoms with van der Waals surface area (Å²) in [6, 6.07) is 1.58. The van der Waals surface area contributed by atoms with Gasteiger partial charge in [-0.15, -0.1) is 0 Å². The van der Waals surface area contributed by atoms with E-state index in [9.17, 15) is 4.79 Å². The first-order valence-electron chi connectivity index (χ1n) is 6.58. The number of nitrogens with zero attached hydrogens (tertiary/aromatic N) is 2. The molecular formula is C13H24N4O2. The molecule has 1 unspecified atom stereocenters. The Labute approximate surface area is 114 Å². The highest BCUT2D eigenvalue weighted by Crippen LogP contribution is 2.14. The number of nitrogens with two attached hydrogens (primary N) is 1. The van der Waals surface area contributed by atoms with Crippen molar-refractivity contribution < 1.29 is 9.53 Å². The van der Waals surface area contributed by atoms with Gasteiger partial charge in [0, 0.05) is 19.3 Å². The lowest BCUT2D eigenvalue weighted by Gasteiger charge is -2.23. The van der Waals surface area contributed by atoms with Gasteiger partial charge in [0.2, 0.25) is 0 Å². The molecule has 1 amide bonds. The van der Waals surface area contributed by atoms with Crippen LogP contribution in [0.2, 0.25) is 0 Å². The fourth-order valence-electron chi connectivity index (χ4n) is 1.74. The summed E-state index contributed by atoms with van der Waals surface area (Å²) in [6.07, 6.45) is 2.22. The summed E-state index contributed by atoms with van der Waals surface area (Å²) in [6.45, 7) is 8.65. The van der Waals surface area contributed by atoms with E-state index < -0.39 is 11.7 Å². The lowest BCUT2D eigenvalue weighted by atomic mass is 10.2. The van der Waals surface area contributed by atoms with Crippen molar-refractivity contribution in [1.29, 1.82) is 0 Å². The quantitative estimate of drug-likeness (QED) is 0.853. The molecule has 6 nitrogen and oxygen atoms in total. The van der Waals surface area contributed by atoms with Gasteiger partial charge in [0.05, 0.1) is 11.7 Å². The first-order chi connectivity index (χ1) is 8.87. The molecule has 6 heteroatoms. The molecule has 1 atom stereocenters. The first kappa shape index (κ1) is 15.5. The SMILES string of the molecule is CCCn1nccc1C(CN)NC(=O)OC(C)(C)C. The second kappa shape index (κ2) is 6.56. The van der Waals surface area contributed by atoms with Crippen LogP contribution in [0.1, 0.15) is 45.9 Å². The molecule has 3 N–H and O–H groups in total. The lowest BCUT2D eigenvalue weighted by molar-refractivity contribution is 0.0503. The smallest absolute Gasteiger partial charge is 0.408 e. The molecule has 0 saturated heterocycles. The summed E-state index contributed by atoms with van der Waals surface area (Å²) in [4.78, 5) is 11.8. The average molecular weight is 268 g/mol. The number of alkyl carbamates (subject to hydrolysis) is 1. The predicted octanol–water partition coefficient (Wildman–Crippen LogP) is 1.82. The molecule has 1 rings (SSSR count). The number of hydrogen-bond donors (Lipinski definition) is 2. The number of ether oxygens (including phenoxy) is 1. The zero-order valence-corrected chi connectivity index (χ0v) is 12.1. The van der Waals surface area contributed by atoms with Crippen LogP contribution in [-0.4, -0.2) is 28.0 Å². The van der Waals surface area contributed by atoms with Crippen LogP contribution in [0, 0.1) is 0 Å². The predicted molar refractivity (Wildman–Crippen MR) is 73.7 cm³/mol. The van der Waals surface area contributed by atoms with Crippen molar-refractivity contribution in [2.45, 2.75) is 52.3 Å². The molecular weight excluding hydrogens is 244 g/mol. The number of rotatable bonds is 5. The summed E-state index contributed by atoms with van der Waals surface area (Å²) in [7, 11) is 0. The molecule has 0 saturated carbocycles. The van der Waals surface area contributed by atoms with Crippen LogP contribution < -0.4 is 11.1 Å². The molecule has 0 aliphatic heterocycles. The Morgan fingerprint density at radius 2 is 2.26 bits per heavy atom. The number of nitrogens with one attached hydrogen (secondary N) is 1. The van der Waals surface area contributed by atoms with Crippen LogP contribution in [0.15, 0.2) is 12.3 Å². The summed E-state index contributed by atoms with van der Waals surface area (Å²) < 4.78 is 7.09. The fraction of sp³-hybridized carbons (Fsp3) is 0.692. The molecule has 0 fully saturated rings. The van der Waals surface area contributed by atoms with E-state index in [1.54, 1.807) is 6.20 Å². The van der Waals surface area contributed by atoms with E-state index in [4.69, 9.17) is 10.5 Å². The van der Waals surface area contributed by atoms with Gasteiger partial charge in [0.15, 0.2) is 0 Å². The third-order valence-electron chi connectivity index (χ3n) is 2.47. The molecule has 1 aromatic rings. The molecule has 0 radical (unpaired) electrons. The Balaban J connectivity index is 2.72. The molecule has 1 heterocycles. The Morgan fingerprint density at radius 1 is 1.58 bits per heavy atom. The van der Waals surface area contributed by atoms with Crippen molar-refractivity contribution in [3.8, 4) is 0 Å². The van der Waals surface area contributed by atoms with E-state index in [0.29, 0.717) is 6.54 Å². The van der Waals surface area contributed by atoms with Gasteiger partial charge in [-0.2, -0.15) is 5.10 Å². The van der Waals surface area contributed by atoms with Crippen molar-refractivity contribution in [2.24, 2.45) is 5.73 Å². The molecule has 0 aliphatic rings. The van der Waals surface area contributed by atoms with Crippen LogP contribution in [-0.2, 0) is 11.3 Å². The number of carbonyl (C=O) groups is 1. The number of carbonyl (C=O) groups excluding carboxylic acids is 1. The van der Waals surface area contributed by atoms with Gasteiger partial charge in [-0.1, -0.05) is 6.92 Å². The number of amides is 1. The maximum Gasteiger partial charge on any atom is 0.408 e. The fourth-order valence-corrected chi connectivity index (χ4v) is 1.74. The third-order valence-corrected chi connectivity index (χ3v) is 2.47. The maximum atomic E-state index is 11.8. The van der Waals surface area contributed by atoms with Crippen LogP contribution in [0.4, 0.5) is 4.79 Å². The maximum absolute atomic E-state index is 11.8. The van der Waals surface area contributed by atoms with Crippen molar-refractivity contribution in [2.75, 3.05) is 6.54 Å². The normalized spacial score (nSPS) is 13.1. The van der Waals surface area contributed by atoms with Crippen LogP contribution in [0.25, 0.3) is 0 Å². The van der Waals surface area contributed by atoms with E-state index in [1.165, 1.54) is 0 Å². The molecule has 0 aliphatic carbocycles. The summed E-state index contributed by atoms with van der Waals surface area (Å²) >= 11 is 0. The summed E-state index contributed by atoms with van der Waals surface area (Å²) in [5, 5.41) is 7.00. The minimum atomic E-state index is -0.521. The average Bonchev–Trinajstić information content (AvgIpc) is 2.72. The van der Waals surface area contributed by atoms with Gasteiger partial charge in [-0.3, -0.25) is 4.68 Å². The Hall–Kier alpha value is -1.56. The van der Waals surface area contributed by atoms with Gasteiger partial charge in [-0.05, 0) is 33.3 Å². The van der Waals surface area contributed by atoms with Crippen molar-refractivity contribution >= 4 is 6.09 Å². The van der Waals surface area contributed by atoms with Gasteiger partial charge in [0.1, 0.15) is 5.60 Å². The van der Waals surface area contributed by atoms with Gasteiger partial charge < -0.3 is 15.8 Å². The van der Waals surface area contributed by atoms with Gasteiger partial charge >= 0.3 is 6.09 Å². The highest BCUT2D eigenvalue weighted by molar-refractivity contribution is 5.68. The Bertz CT molecular complexity index is 409. The molecule has 0 aromatic carbocycles. The monoisotopic (exact) mass is 268 g/mol. The minimum absolute atomic E-state index is 0.288. The largest absolute Gasteiger partial charge is 0.444 e. The number of hydrogen-bond acceptors (Lipinski definition) is 4. The molecule has 0 bridgehead atoms. The van der Waals surface area contributed by atoms with Gasteiger partial charge in [-0.25, -0.2) is 4.79 Å². The molecule has 108 valence electrons. The van der Waals surface area contributed by atoms with E-state index >= 15 is 0 Å². The lowest BCUT2D eigenvalue weighted by Crippen LogP contribution is -2.38. The second-order valence-electron chi connectivity index (χ2n) is 5.41. The zero-order chi connectivity index (χ0) is 14.5. The van der Waals surface area contributed by atoms with E-state index in [0.717, 1.165) is 18.7 Å². The summed E-state index contributed by atoms with van der Waals surface area (Å²) in [5.41, 5.74) is 6.11. The highest BCUT2D eigenvalue weighted by Gasteiger charge is 2.21. The Kier molecular flexibility index (Phi) is 5.35. The standard InChI is InChI=1S/C13H24N4O2/c1-5-8-17-11(6-7-15-17)10(9-14)16-12(18)19-13(2,3)4/h6-7,10H,5,8-9,14H2,1-4H3,(H,16,18). The van der Waals surface area contributed by atoms with Crippen LogP contribution in [0.3, 0.4) is 0 Å².